The highest BCUT2D eigenvalue weighted by Crippen LogP contribution is 2.66. The van der Waals surface area contributed by atoms with Crippen molar-refractivity contribution in [3.05, 3.63) is 0 Å². The maximum Gasteiger partial charge on any atom is 0.308 e. The van der Waals surface area contributed by atoms with E-state index >= 15 is 0 Å². The molecule has 5 heteroatoms. The quantitative estimate of drug-likeness (QED) is 0.707. The molecule has 4 saturated carbocycles. The number of carbonyl (C=O) groups is 2. The number of hydrogen-bond acceptors (Lipinski definition) is 5. The Morgan fingerprint density at radius 1 is 1.00 bits per heavy atom. The lowest BCUT2D eigenvalue weighted by Gasteiger charge is -2.57. The van der Waals surface area contributed by atoms with Crippen molar-refractivity contribution in [1.29, 1.82) is 0 Å². The largest absolute Gasteiger partial charge is 0.466 e. The molecular formula is C24H38O5. The van der Waals surface area contributed by atoms with Crippen LogP contribution in [0.5, 0.6) is 0 Å². The van der Waals surface area contributed by atoms with Crippen LogP contribution in [0.4, 0.5) is 0 Å². The Kier molecular flexibility index (Phi) is 5.73. The summed E-state index contributed by atoms with van der Waals surface area (Å²) in [5, 5.41) is 11.5. The number of hydrogen-bond donors (Lipinski definition) is 1. The van der Waals surface area contributed by atoms with E-state index in [1.807, 2.05) is 6.92 Å². The molecule has 4 fully saturated rings. The Morgan fingerprint density at radius 3 is 2.48 bits per heavy atom. The molecule has 0 aromatic heterocycles. The van der Waals surface area contributed by atoms with Gasteiger partial charge in [0.2, 0.25) is 0 Å². The summed E-state index contributed by atoms with van der Waals surface area (Å²) >= 11 is 0. The van der Waals surface area contributed by atoms with Crippen LogP contribution < -0.4 is 0 Å². The molecule has 0 aromatic rings. The minimum absolute atomic E-state index is 0.111. The molecule has 0 spiro atoms. The zero-order valence-electron chi connectivity index (χ0n) is 18.3. The van der Waals surface area contributed by atoms with Gasteiger partial charge in [0, 0.05) is 6.92 Å². The first-order chi connectivity index (χ1) is 13.8. The third kappa shape index (κ3) is 3.62. The summed E-state index contributed by atoms with van der Waals surface area (Å²) in [6, 6.07) is 0. The Labute approximate surface area is 174 Å². The maximum atomic E-state index is 12.2. The lowest BCUT2D eigenvalue weighted by molar-refractivity contribution is -0.165. The summed E-state index contributed by atoms with van der Waals surface area (Å²) in [4.78, 5) is 23.5. The molecule has 0 bridgehead atoms. The number of ether oxygens (including phenoxy) is 2. The summed E-state index contributed by atoms with van der Waals surface area (Å²) in [6.07, 6.45) is 9.79. The zero-order valence-corrected chi connectivity index (χ0v) is 18.3. The lowest BCUT2D eigenvalue weighted by atomic mass is 9.49. The van der Waals surface area contributed by atoms with E-state index < -0.39 is 5.60 Å². The fourth-order valence-electron chi connectivity index (χ4n) is 8.00. The summed E-state index contributed by atoms with van der Waals surface area (Å²) in [6.45, 7) is 5.95. The number of carbonyl (C=O) groups excluding carboxylic acids is 2. The van der Waals surface area contributed by atoms with Crippen molar-refractivity contribution >= 4 is 11.9 Å². The predicted molar refractivity (Wildman–Crippen MR) is 109 cm³/mol. The van der Waals surface area contributed by atoms with Crippen LogP contribution in [0.1, 0.15) is 85.0 Å². The molecule has 5 nitrogen and oxygen atoms in total. The molecule has 29 heavy (non-hydrogen) atoms. The number of fused-ring (bicyclic) bond motifs is 5. The van der Waals surface area contributed by atoms with Crippen LogP contribution in [0.2, 0.25) is 0 Å². The Hall–Kier alpha value is -1.10. The molecule has 0 unspecified atom stereocenters. The molecule has 1 N–H and O–H groups in total. The SMILES string of the molecule is CCOC(=O)C[C@]1(O)CC[C@H]2[C@@H]3CC[C@H]4C[C@H](OC(C)=O)CC[C@@H]4[C@H]3CC[C@@]21C. The minimum atomic E-state index is -0.918. The van der Waals surface area contributed by atoms with E-state index in [2.05, 4.69) is 6.92 Å². The van der Waals surface area contributed by atoms with E-state index in [0.717, 1.165) is 50.4 Å². The van der Waals surface area contributed by atoms with Crippen molar-refractivity contribution in [3.63, 3.8) is 0 Å². The fourth-order valence-corrected chi connectivity index (χ4v) is 8.00. The molecule has 4 aliphatic rings. The second-order valence-electron chi connectivity index (χ2n) is 10.5. The average molecular weight is 407 g/mol. The van der Waals surface area contributed by atoms with Crippen LogP contribution in [0.3, 0.4) is 0 Å². The lowest BCUT2D eigenvalue weighted by Crippen LogP contribution is -2.54. The summed E-state index contributed by atoms with van der Waals surface area (Å²) in [5.41, 5.74) is -1.10. The monoisotopic (exact) mass is 406 g/mol. The maximum absolute atomic E-state index is 12.2. The normalized spacial score (nSPS) is 46.2. The standard InChI is InChI=1S/C24H38O5/c1-4-28-22(26)14-24(27)12-10-21-20-7-5-16-13-17(29-15(2)25)6-8-18(16)19(20)9-11-23(21,24)3/h16-21,27H,4-14H2,1-3H3/t16-,17+,18-,19+,20+,21-,23-,24+/m0/s1. The van der Waals surface area contributed by atoms with Gasteiger partial charge in [-0.1, -0.05) is 6.92 Å². The first-order valence-corrected chi connectivity index (χ1v) is 11.8. The van der Waals surface area contributed by atoms with E-state index in [1.54, 1.807) is 0 Å². The molecule has 4 aliphatic carbocycles. The predicted octanol–water partition coefficient (Wildman–Crippen LogP) is 4.26. The van der Waals surface area contributed by atoms with Gasteiger partial charge in [0.15, 0.2) is 0 Å². The Balaban J connectivity index is 1.46. The number of aliphatic hydroxyl groups is 1. The van der Waals surface area contributed by atoms with Crippen LogP contribution in [-0.2, 0) is 19.1 Å². The second-order valence-corrected chi connectivity index (χ2v) is 10.5. The van der Waals surface area contributed by atoms with Crippen molar-refractivity contribution in [2.45, 2.75) is 96.7 Å². The first kappa shape index (κ1) is 21.1. The Bertz CT molecular complexity index is 647. The number of esters is 2. The van der Waals surface area contributed by atoms with Gasteiger partial charge >= 0.3 is 11.9 Å². The highest BCUT2D eigenvalue weighted by molar-refractivity contribution is 5.71. The second kappa shape index (κ2) is 7.86. The van der Waals surface area contributed by atoms with Crippen LogP contribution in [-0.4, -0.2) is 35.4 Å². The average Bonchev–Trinajstić information content (AvgIpc) is 2.92. The third-order valence-electron chi connectivity index (χ3n) is 9.30. The van der Waals surface area contributed by atoms with Crippen molar-refractivity contribution < 1.29 is 24.2 Å². The smallest absolute Gasteiger partial charge is 0.308 e. The van der Waals surface area contributed by atoms with Gasteiger partial charge in [-0.2, -0.15) is 0 Å². The van der Waals surface area contributed by atoms with E-state index in [9.17, 15) is 14.7 Å². The van der Waals surface area contributed by atoms with E-state index in [1.165, 1.54) is 26.2 Å². The fraction of sp³-hybridized carbons (Fsp3) is 0.917. The van der Waals surface area contributed by atoms with Gasteiger partial charge in [-0.15, -0.1) is 0 Å². The van der Waals surface area contributed by atoms with Gasteiger partial charge in [-0.05, 0) is 99.7 Å². The van der Waals surface area contributed by atoms with Gasteiger partial charge in [0.1, 0.15) is 6.10 Å². The highest BCUT2D eigenvalue weighted by Gasteiger charge is 2.63. The molecule has 0 aliphatic heterocycles. The highest BCUT2D eigenvalue weighted by atomic mass is 16.5. The van der Waals surface area contributed by atoms with Gasteiger partial charge in [0.25, 0.3) is 0 Å². The van der Waals surface area contributed by atoms with Crippen molar-refractivity contribution in [3.8, 4) is 0 Å². The molecule has 0 radical (unpaired) electrons. The molecule has 0 amide bonds. The van der Waals surface area contributed by atoms with Crippen LogP contribution >= 0.6 is 0 Å². The third-order valence-corrected chi connectivity index (χ3v) is 9.30. The van der Waals surface area contributed by atoms with Crippen LogP contribution in [0.15, 0.2) is 0 Å². The summed E-state index contributed by atoms with van der Waals surface area (Å²) in [7, 11) is 0. The number of rotatable bonds is 4. The summed E-state index contributed by atoms with van der Waals surface area (Å²) in [5.74, 6) is 2.91. The van der Waals surface area contributed by atoms with Crippen LogP contribution in [0.25, 0.3) is 0 Å². The Morgan fingerprint density at radius 2 is 1.76 bits per heavy atom. The topological polar surface area (TPSA) is 72.8 Å². The zero-order chi connectivity index (χ0) is 20.8. The van der Waals surface area contributed by atoms with E-state index in [0.29, 0.717) is 24.4 Å². The summed E-state index contributed by atoms with van der Waals surface area (Å²) < 4.78 is 10.7. The van der Waals surface area contributed by atoms with Crippen molar-refractivity contribution in [2.75, 3.05) is 6.61 Å². The minimum Gasteiger partial charge on any atom is -0.466 e. The molecule has 0 saturated heterocycles. The molecule has 0 heterocycles. The molecule has 4 rings (SSSR count). The van der Waals surface area contributed by atoms with E-state index in [4.69, 9.17) is 9.47 Å². The van der Waals surface area contributed by atoms with Gasteiger partial charge in [0.05, 0.1) is 18.6 Å². The van der Waals surface area contributed by atoms with E-state index in [-0.39, 0.29) is 29.9 Å². The van der Waals surface area contributed by atoms with Crippen molar-refractivity contribution in [1.82, 2.24) is 0 Å². The van der Waals surface area contributed by atoms with Gasteiger partial charge in [-0.25, -0.2) is 0 Å². The first-order valence-electron chi connectivity index (χ1n) is 11.8. The molecule has 8 atom stereocenters. The van der Waals surface area contributed by atoms with Crippen LogP contribution in [0, 0.1) is 35.0 Å². The molecular weight excluding hydrogens is 368 g/mol. The molecule has 0 aromatic carbocycles. The van der Waals surface area contributed by atoms with Gasteiger partial charge < -0.3 is 14.6 Å². The van der Waals surface area contributed by atoms with Gasteiger partial charge in [-0.3, -0.25) is 9.59 Å². The van der Waals surface area contributed by atoms with Crippen molar-refractivity contribution in [2.24, 2.45) is 35.0 Å². The molecule has 164 valence electrons.